The maximum absolute atomic E-state index is 12.4. The molecule has 8 nitrogen and oxygen atoms in total. The molecule has 1 amide bonds. The predicted molar refractivity (Wildman–Crippen MR) is 133 cm³/mol. The third-order valence-electron chi connectivity index (χ3n) is 5.55. The lowest BCUT2D eigenvalue weighted by Gasteiger charge is -2.24. The van der Waals surface area contributed by atoms with Crippen LogP contribution in [0.15, 0.2) is 84.9 Å². The van der Waals surface area contributed by atoms with Crippen LogP contribution in [0.25, 0.3) is 10.9 Å². The van der Waals surface area contributed by atoms with Crippen molar-refractivity contribution in [2.24, 2.45) is 0 Å². The summed E-state index contributed by atoms with van der Waals surface area (Å²) in [5.74, 6) is 0. The molecule has 1 aromatic heterocycles. The number of para-hydroxylation sites is 1. The minimum absolute atomic E-state index is 0.0365. The number of aromatic amines is 1. The molecule has 0 radical (unpaired) electrons. The molecule has 0 aliphatic rings. The number of rotatable bonds is 12. The van der Waals surface area contributed by atoms with Crippen LogP contribution in [-0.2, 0) is 29.0 Å². The maximum atomic E-state index is 12.4. The first-order valence-electron chi connectivity index (χ1n) is 11.6. The van der Waals surface area contributed by atoms with Gasteiger partial charge in [0.05, 0.1) is 18.7 Å². The van der Waals surface area contributed by atoms with Gasteiger partial charge < -0.3 is 19.9 Å². The van der Waals surface area contributed by atoms with Crippen LogP contribution in [0.2, 0.25) is 0 Å². The van der Waals surface area contributed by atoms with E-state index >= 15 is 0 Å². The zero-order valence-corrected chi connectivity index (χ0v) is 19.4. The van der Waals surface area contributed by atoms with Crippen LogP contribution in [0.3, 0.4) is 0 Å². The molecule has 0 aliphatic heterocycles. The molecule has 8 heteroatoms. The van der Waals surface area contributed by atoms with E-state index < -0.39 is 18.4 Å². The number of nitrogens with zero attached hydrogens (tertiary/aromatic N) is 1. The average molecular weight is 475 g/mol. The first-order valence-corrected chi connectivity index (χ1v) is 11.6. The average Bonchev–Trinajstić information content (AvgIpc) is 3.31. The molecule has 35 heavy (non-hydrogen) atoms. The molecular formula is C27H30N4O4. The number of fused-ring (bicyclic) bond motifs is 1. The molecular weight excluding hydrogens is 444 g/mol. The maximum Gasteiger partial charge on any atom is 0.407 e. The number of ether oxygens (including phenoxy) is 2. The molecule has 4 rings (SSSR count). The Morgan fingerprint density at radius 3 is 2.40 bits per heavy atom. The van der Waals surface area contributed by atoms with Gasteiger partial charge in [0.25, 0.3) is 0 Å². The summed E-state index contributed by atoms with van der Waals surface area (Å²) in [6.07, 6.45) is -2.01. The van der Waals surface area contributed by atoms with Gasteiger partial charge in [0, 0.05) is 30.6 Å². The Labute approximate surface area is 204 Å². The van der Waals surface area contributed by atoms with Gasteiger partial charge in [-0.1, -0.05) is 78.9 Å². The molecule has 0 aliphatic carbocycles. The zero-order chi connectivity index (χ0) is 24.3. The summed E-state index contributed by atoms with van der Waals surface area (Å²) < 4.78 is 11.3. The zero-order valence-electron chi connectivity index (χ0n) is 19.4. The van der Waals surface area contributed by atoms with Crippen LogP contribution >= 0.6 is 0 Å². The summed E-state index contributed by atoms with van der Waals surface area (Å²) in [6, 6.07) is 27.1. The van der Waals surface area contributed by atoms with Gasteiger partial charge in [-0.05, 0) is 17.2 Å². The van der Waals surface area contributed by atoms with Crippen molar-refractivity contribution in [3.8, 4) is 0 Å². The number of hydrogen-bond donors (Lipinski definition) is 4. The summed E-state index contributed by atoms with van der Waals surface area (Å²) in [7, 11) is 0. The van der Waals surface area contributed by atoms with E-state index in [1.165, 1.54) is 0 Å². The van der Waals surface area contributed by atoms with Crippen LogP contribution in [-0.4, -0.2) is 46.9 Å². The van der Waals surface area contributed by atoms with Gasteiger partial charge in [0.1, 0.15) is 6.23 Å². The summed E-state index contributed by atoms with van der Waals surface area (Å²) in [5.41, 5.74) is 3.81. The highest BCUT2D eigenvalue weighted by Gasteiger charge is 2.24. The molecule has 0 unspecified atom stereocenters. The van der Waals surface area contributed by atoms with Crippen molar-refractivity contribution in [1.29, 1.82) is 0 Å². The highest BCUT2D eigenvalue weighted by Crippen LogP contribution is 2.15. The summed E-state index contributed by atoms with van der Waals surface area (Å²) in [5, 5.41) is 24.9. The van der Waals surface area contributed by atoms with E-state index in [1.807, 2.05) is 84.9 Å². The van der Waals surface area contributed by atoms with Crippen molar-refractivity contribution in [1.82, 2.24) is 20.8 Å². The second kappa shape index (κ2) is 12.7. The standard InChI is InChI=1S/C27H30N4O4/c32-26(28-16-15-24-22-13-7-8-14-23(22)30-31-24)25(19-34-18-21-11-5-2-6-12-21)35-27(33)29-17-20-9-3-1-4-10-20/h1-14,25-26,28,32H,15-19H2,(H,29,33)(H,30,31)/t25-,26-/m0/s1. The number of benzene rings is 3. The van der Waals surface area contributed by atoms with Crippen LogP contribution < -0.4 is 10.6 Å². The number of aliphatic hydroxyl groups excluding tert-OH is 1. The quantitative estimate of drug-likeness (QED) is 0.234. The minimum Gasteiger partial charge on any atom is -0.440 e. The lowest BCUT2D eigenvalue weighted by molar-refractivity contribution is -0.0613. The summed E-state index contributed by atoms with van der Waals surface area (Å²) in [4.78, 5) is 12.4. The van der Waals surface area contributed by atoms with Gasteiger partial charge in [0.15, 0.2) is 6.10 Å². The predicted octanol–water partition coefficient (Wildman–Crippen LogP) is 3.53. The summed E-state index contributed by atoms with van der Waals surface area (Å²) >= 11 is 0. The topological polar surface area (TPSA) is 109 Å². The number of nitrogens with one attached hydrogen (secondary N) is 3. The van der Waals surface area contributed by atoms with Crippen LogP contribution in [0.1, 0.15) is 16.8 Å². The summed E-state index contributed by atoms with van der Waals surface area (Å²) in [6.45, 7) is 1.17. The molecule has 3 aromatic carbocycles. The Morgan fingerprint density at radius 2 is 1.63 bits per heavy atom. The van der Waals surface area contributed by atoms with E-state index in [9.17, 15) is 9.90 Å². The number of alkyl carbamates (subject to hydrolysis) is 1. The molecule has 0 saturated carbocycles. The monoisotopic (exact) mass is 474 g/mol. The van der Waals surface area contributed by atoms with Gasteiger partial charge in [0.2, 0.25) is 0 Å². The largest absolute Gasteiger partial charge is 0.440 e. The number of aromatic nitrogens is 2. The highest BCUT2D eigenvalue weighted by atomic mass is 16.6. The Bertz CT molecular complexity index is 1180. The third kappa shape index (κ3) is 7.38. The van der Waals surface area contributed by atoms with E-state index in [-0.39, 0.29) is 6.61 Å². The molecule has 1 heterocycles. The SMILES string of the molecule is O=C(NCc1ccccc1)O[C@@H](COCc1ccccc1)[C@H](O)NCCc1[nH]nc2ccccc12. The molecule has 0 bridgehead atoms. The number of carbonyl (C=O) groups is 1. The number of carbonyl (C=O) groups excluding carboxylic acids is 1. The van der Waals surface area contributed by atoms with Crippen molar-refractivity contribution in [2.75, 3.05) is 13.2 Å². The lowest BCUT2D eigenvalue weighted by Crippen LogP contribution is -2.47. The number of H-pyrrole nitrogens is 1. The van der Waals surface area contributed by atoms with Gasteiger partial charge in [-0.25, -0.2) is 4.79 Å². The Kier molecular flexibility index (Phi) is 8.83. The lowest BCUT2D eigenvalue weighted by atomic mass is 10.1. The fraction of sp³-hybridized carbons (Fsp3) is 0.259. The Hall–Kier alpha value is -3.72. The molecule has 182 valence electrons. The second-order valence-corrected chi connectivity index (χ2v) is 8.15. The second-order valence-electron chi connectivity index (χ2n) is 8.15. The van der Waals surface area contributed by atoms with E-state index in [0.717, 1.165) is 27.7 Å². The van der Waals surface area contributed by atoms with Gasteiger partial charge in [-0.15, -0.1) is 0 Å². The van der Waals surface area contributed by atoms with Crippen molar-refractivity contribution in [2.45, 2.75) is 31.9 Å². The van der Waals surface area contributed by atoms with Crippen molar-refractivity contribution in [3.63, 3.8) is 0 Å². The van der Waals surface area contributed by atoms with Gasteiger partial charge in [-0.3, -0.25) is 10.4 Å². The normalized spacial score (nSPS) is 12.8. The number of aliphatic hydroxyl groups is 1. The van der Waals surface area contributed by atoms with Crippen LogP contribution in [0, 0.1) is 0 Å². The van der Waals surface area contributed by atoms with Crippen molar-refractivity contribution in [3.05, 3.63) is 102 Å². The van der Waals surface area contributed by atoms with Gasteiger partial charge in [-0.2, -0.15) is 5.10 Å². The molecule has 0 saturated heterocycles. The first-order chi connectivity index (χ1) is 17.2. The van der Waals surface area contributed by atoms with E-state index in [2.05, 4.69) is 20.8 Å². The Balaban J connectivity index is 1.31. The molecule has 0 fully saturated rings. The fourth-order valence-corrected chi connectivity index (χ4v) is 3.69. The first kappa shape index (κ1) is 24.4. The van der Waals surface area contributed by atoms with E-state index in [1.54, 1.807) is 0 Å². The van der Waals surface area contributed by atoms with Crippen molar-refractivity contribution < 1.29 is 19.4 Å². The molecule has 2 atom stereocenters. The highest BCUT2D eigenvalue weighted by molar-refractivity contribution is 5.81. The minimum atomic E-state index is -1.11. The van der Waals surface area contributed by atoms with Crippen LogP contribution in [0.4, 0.5) is 4.79 Å². The molecule has 4 N–H and O–H groups in total. The fourth-order valence-electron chi connectivity index (χ4n) is 3.69. The number of amides is 1. The van der Waals surface area contributed by atoms with E-state index in [4.69, 9.17) is 9.47 Å². The number of hydrogen-bond acceptors (Lipinski definition) is 6. The van der Waals surface area contributed by atoms with E-state index in [0.29, 0.717) is 26.1 Å². The molecule has 0 spiro atoms. The third-order valence-corrected chi connectivity index (χ3v) is 5.55. The Morgan fingerprint density at radius 1 is 0.943 bits per heavy atom. The van der Waals surface area contributed by atoms with Gasteiger partial charge >= 0.3 is 6.09 Å². The van der Waals surface area contributed by atoms with Crippen molar-refractivity contribution >= 4 is 17.0 Å². The smallest absolute Gasteiger partial charge is 0.407 e. The van der Waals surface area contributed by atoms with Crippen LogP contribution in [0.5, 0.6) is 0 Å². The molecule has 4 aromatic rings.